The van der Waals surface area contributed by atoms with Crippen LogP contribution in [-0.4, -0.2) is 30.6 Å². The minimum absolute atomic E-state index is 0.458. The Labute approximate surface area is 123 Å². The first kappa shape index (κ1) is 14.1. The number of nitrogens with one attached hydrogen (secondary N) is 1. The Balaban J connectivity index is 1.71. The molecule has 0 amide bonds. The predicted octanol–water partition coefficient (Wildman–Crippen LogP) is 3.46. The van der Waals surface area contributed by atoms with Gasteiger partial charge in [0.25, 0.3) is 0 Å². The van der Waals surface area contributed by atoms with E-state index in [2.05, 4.69) is 54.4 Å². The quantitative estimate of drug-likeness (QED) is 0.883. The van der Waals surface area contributed by atoms with Gasteiger partial charge in [-0.2, -0.15) is 0 Å². The van der Waals surface area contributed by atoms with Gasteiger partial charge in [-0.1, -0.05) is 43.7 Å². The molecule has 3 rings (SSSR count). The molecule has 1 N–H and O–H groups in total. The summed E-state index contributed by atoms with van der Waals surface area (Å²) in [5.74, 6) is 1.96. The maximum Gasteiger partial charge on any atom is 0.0475 e. The number of likely N-dealkylation sites (tertiary alicyclic amines) is 1. The lowest BCUT2D eigenvalue weighted by atomic mass is 9.99. The summed E-state index contributed by atoms with van der Waals surface area (Å²) >= 11 is 0. The maximum atomic E-state index is 3.70. The van der Waals surface area contributed by atoms with Gasteiger partial charge in [0.05, 0.1) is 0 Å². The topological polar surface area (TPSA) is 15.3 Å². The molecule has 0 radical (unpaired) electrons. The first-order chi connectivity index (χ1) is 9.79. The Morgan fingerprint density at radius 1 is 1.15 bits per heavy atom. The van der Waals surface area contributed by atoms with Crippen molar-refractivity contribution in [3.8, 4) is 0 Å². The lowest BCUT2D eigenvalue weighted by Gasteiger charge is -2.33. The summed E-state index contributed by atoms with van der Waals surface area (Å²) in [4.78, 5) is 2.73. The largest absolute Gasteiger partial charge is 0.309 e. The Kier molecular flexibility index (Phi) is 4.42. The third-order valence-corrected chi connectivity index (χ3v) is 5.40. The summed E-state index contributed by atoms with van der Waals surface area (Å²) in [6.45, 7) is 8.29. The number of hydrogen-bond donors (Lipinski definition) is 1. The molecule has 0 aromatic heterocycles. The Bertz CT molecular complexity index is 405. The molecule has 1 saturated heterocycles. The summed E-state index contributed by atoms with van der Waals surface area (Å²) in [6.07, 6.45) is 4.39. The molecule has 0 spiro atoms. The van der Waals surface area contributed by atoms with Crippen LogP contribution in [0.1, 0.15) is 44.7 Å². The number of rotatable bonds is 5. The van der Waals surface area contributed by atoms with Crippen LogP contribution in [0.15, 0.2) is 30.3 Å². The molecule has 2 heteroatoms. The summed E-state index contributed by atoms with van der Waals surface area (Å²) < 4.78 is 0. The molecule has 1 aliphatic heterocycles. The van der Waals surface area contributed by atoms with E-state index in [4.69, 9.17) is 0 Å². The van der Waals surface area contributed by atoms with E-state index < -0.39 is 0 Å². The first-order valence-corrected chi connectivity index (χ1v) is 8.32. The van der Waals surface area contributed by atoms with E-state index in [1.54, 1.807) is 0 Å². The van der Waals surface area contributed by atoms with Crippen LogP contribution in [0.4, 0.5) is 0 Å². The molecule has 4 unspecified atom stereocenters. The van der Waals surface area contributed by atoms with E-state index in [0.717, 1.165) is 18.4 Å². The van der Waals surface area contributed by atoms with Gasteiger partial charge in [-0.3, -0.25) is 4.90 Å². The number of benzene rings is 1. The van der Waals surface area contributed by atoms with E-state index >= 15 is 0 Å². The third-order valence-electron chi connectivity index (χ3n) is 5.40. The SMILES string of the molecule is CCNC(c1ccccc1)C(C)N1CC2CCCC2C1. The monoisotopic (exact) mass is 272 g/mol. The van der Waals surface area contributed by atoms with E-state index in [-0.39, 0.29) is 0 Å². The molecular formula is C18H28N2. The molecule has 2 fully saturated rings. The summed E-state index contributed by atoms with van der Waals surface area (Å²) in [7, 11) is 0. The van der Waals surface area contributed by atoms with E-state index in [0.29, 0.717) is 12.1 Å². The van der Waals surface area contributed by atoms with Crippen molar-refractivity contribution < 1.29 is 0 Å². The molecule has 1 heterocycles. The van der Waals surface area contributed by atoms with E-state index in [1.807, 2.05) is 0 Å². The van der Waals surface area contributed by atoms with E-state index in [9.17, 15) is 0 Å². The fourth-order valence-electron chi connectivity index (χ4n) is 4.26. The normalized spacial score (nSPS) is 29.3. The van der Waals surface area contributed by atoms with Crippen molar-refractivity contribution in [3.05, 3.63) is 35.9 Å². The number of likely N-dealkylation sites (N-methyl/N-ethyl adjacent to an activating group) is 1. The molecule has 20 heavy (non-hydrogen) atoms. The third kappa shape index (κ3) is 2.77. The highest BCUT2D eigenvalue weighted by molar-refractivity contribution is 5.20. The predicted molar refractivity (Wildman–Crippen MR) is 84.7 cm³/mol. The zero-order chi connectivity index (χ0) is 13.9. The lowest BCUT2D eigenvalue weighted by Crippen LogP contribution is -2.42. The van der Waals surface area contributed by atoms with Gasteiger partial charge < -0.3 is 5.32 Å². The Morgan fingerprint density at radius 3 is 2.40 bits per heavy atom. The fourth-order valence-corrected chi connectivity index (χ4v) is 4.26. The van der Waals surface area contributed by atoms with Crippen LogP contribution in [0.3, 0.4) is 0 Å². The minimum atomic E-state index is 0.458. The summed E-state index contributed by atoms with van der Waals surface area (Å²) in [6, 6.07) is 12.0. The van der Waals surface area contributed by atoms with Crippen LogP contribution in [0.25, 0.3) is 0 Å². The molecule has 1 aromatic carbocycles. The Hall–Kier alpha value is -0.860. The maximum absolute atomic E-state index is 3.70. The van der Waals surface area contributed by atoms with Crippen LogP contribution in [0.2, 0.25) is 0 Å². The van der Waals surface area contributed by atoms with E-state index in [1.165, 1.54) is 37.9 Å². The second-order valence-electron chi connectivity index (χ2n) is 6.59. The van der Waals surface area contributed by atoms with Gasteiger partial charge in [-0.15, -0.1) is 0 Å². The second-order valence-corrected chi connectivity index (χ2v) is 6.59. The molecule has 1 aliphatic carbocycles. The summed E-state index contributed by atoms with van der Waals surface area (Å²) in [5.41, 5.74) is 1.43. The molecule has 4 atom stereocenters. The zero-order valence-electron chi connectivity index (χ0n) is 12.9. The van der Waals surface area contributed by atoms with Crippen molar-refractivity contribution >= 4 is 0 Å². The molecule has 1 aromatic rings. The van der Waals surface area contributed by atoms with Crippen molar-refractivity contribution in [2.45, 2.75) is 45.2 Å². The highest BCUT2D eigenvalue weighted by Gasteiger charge is 2.39. The van der Waals surface area contributed by atoms with Crippen LogP contribution < -0.4 is 5.32 Å². The van der Waals surface area contributed by atoms with Crippen LogP contribution in [-0.2, 0) is 0 Å². The molecule has 110 valence electrons. The summed E-state index contributed by atoms with van der Waals surface area (Å²) in [5, 5.41) is 3.70. The van der Waals surface area contributed by atoms with Crippen LogP contribution in [0.5, 0.6) is 0 Å². The average Bonchev–Trinajstić information content (AvgIpc) is 3.06. The fraction of sp³-hybridized carbons (Fsp3) is 0.667. The lowest BCUT2D eigenvalue weighted by molar-refractivity contribution is 0.193. The highest BCUT2D eigenvalue weighted by atomic mass is 15.2. The zero-order valence-corrected chi connectivity index (χ0v) is 12.9. The molecule has 2 aliphatic rings. The first-order valence-electron chi connectivity index (χ1n) is 8.32. The van der Waals surface area contributed by atoms with Gasteiger partial charge >= 0.3 is 0 Å². The van der Waals surface area contributed by atoms with Gasteiger partial charge in [-0.05, 0) is 43.7 Å². The number of fused-ring (bicyclic) bond motifs is 1. The molecule has 1 saturated carbocycles. The molecular weight excluding hydrogens is 244 g/mol. The van der Waals surface area contributed by atoms with Crippen LogP contribution >= 0.6 is 0 Å². The molecule has 2 nitrogen and oxygen atoms in total. The van der Waals surface area contributed by atoms with Gasteiger partial charge in [0.1, 0.15) is 0 Å². The average molecular weight is 272 g/mol. The minimum Gasteiger partial charge on any atom is -0.309 e. The number of nitrogens with zero attached hydrogens (tertiary/aromatic N) is 1. The van der Waals surface area contributed by atoms with Crippen molar-refractivity contribution in [1.82, 2.24) is 10.2 Å². The number of hydrogen-bond acceptors (Lipinski definition) is 2. The van der Waals surface area contributed by atoms with Crippen LogP contribution in [0, 0.1) is 11.8 Å². The second kappa shape index (κ2) is 6.28. The van der Waals surface area contributed by atoms with Crippen molar-refractivity contribution in [1.29, 1.82) is 0 Å². The van der Waals surface area contributed by atoms with Gasteiger partial charge in [-0.25, -0.2) is 0 Å². The van der Waals surface area contributed by atoms with Gasteiger partial charge in [0.2, 0.25) is 0 Å². The Morgan fingerprint density at radius 2 is 1.80 bits per heavy atom. The van der Waals surface area contributed by atoms with Crippen molar-refractivity contribution in [2.24, 2.45) is 11.8 Å². The van der Waals surface area contributed by atoms with Crippen molar-refractivity contribution in [2.75, 3.05) is 19.6 Å². The molecule has 0 bridgehead atoms. The highest BCUT2D eigenvalue weighted by Crippen LogP contribution is 2.39. The smallest absolute Gasteiger partial charge is 0.0475 e. The van der Waals surface area contributed by atoms with Gasteiger partial charge in [0.15, 0.2) is 0 Å². The van der Waals surface area contributed by atoms with Crippen molar-refractivity contribution in [3.63, 3.8) is 0 Å². The standard InChI is InChI=1S/C18H28N2/c1-3-19-18(15-8-5-4-6-9-15)14(2)20-12-16-10-7-11-17(16)13-20/h4-6,8-9,14,16-19H,3,7,10-13H2,1-2H3. The van der Waals surface area contributed by atoms with Gasteiger partial charge in [0, 0.05) is 25.2 Å².